The number of amides is 1. The number of hydrazone groups is 1. The number of carbonyl (C=O) groups excluding carboxylic acids is 1. The predicted molar refractivity (Wildman–Crippen MR) is 128 cm³/mol. The summed E-state index contributed by atoms with van der Waals surface area (Å²) in [4.78, 5) is 19.5. The molecule has 0 radical (unpaired) electrons. The summed E-state index contributed by atoms with van der Waals surface area (Å²) in [5, 5.41) is 5.65. The third kappa shape index (κ3) is 4.23. The molecule has 1 amide bonds. The molecule has 0 saturated heterocycles. The molecular weight excluding hydrogens is 374 g/mol. The van der Waals surface area contributed by atoms with E-state index in [9.17, 15) is 4.79 Å². The van der Waals surface area contributed by atoms with Crippen LogP contribution >= 0.6 is 0 Å². The first-order valence-electron chi connectivity index (χ1n) is 10.8. The average Bonchev–Trinajstić information content (AvgIpc) is 3.03. The van der Waals surface area contributed by atoms with E-state index in [2.05, 4.69) is 67.3 Å². The van der Waals surface area contributed by atoms with Crippen molar-refractivity contribution in [2.24, 2.45) is 5.10 Å². The Bertz CT molecular complexity index is 983. The second kappa shape index (κ2) is 8.94. The largest absolute Gasteiger partial charge is 0.370 e. The quantitative estimate of drug-likeness (QED) is 0.688. The van der Waals surface area contributed by atoms with Gasteiger partial charge in [-0.15, -0.1) is 0 Å². The van der Waals surface area contributed by atoms with Crippen molar-refractivity contribution in [3.8, 4) is 0 Å². The van der Waals surface area contributed by atoms with E-state index in [-0.39, 0.29) is 6.04 Å². The van der Waals surface area contributed by atoms with Crippen LogP contribution in [-0.4, -0.2) is 36.7 Å². The fraction of sp³-hybridized carbons (Fsp3) is 0.500. The lowest BCUT2D eigenvalue weighted by atomic mass is 10.00. The molecule has 162 valence electrons. The lowest BCUT2D eigenvalue weighted by molar-refractivity contribution is -0.107. The number of carbonyl (C=O) groups is 1. The van der Waals surface area contributed by atoms with Gasteiger partial charge in [0.2, 0.25) is 6.41 Å². The Balaban J connectivity index is 2.20. The molecule has 2 heterocycles. The summed E-state index contributed by atoms with van der Waals surface area (Å²) >= 11 is 0. The smallest absolute Gasteiger partial charge is 0.214 e. The van der Waals surface area contributed by atoms with Gasteiger partial charge in [-0.1, -0.05) is 5.57 Å². The third-order valence-electron chi connectivity index (χ3n) is 6.18. The number of nitrogens with zero attached hydrogens (tertiary/aromatic N) is 3. The van der Waals surface area contributed by atoms with Crippen molar-refractivity contribution in [2.45, 2.75) is 72.9 Å². The number of benzene rings is 1. The van der Waals surface area contributed by atoms with Crippen molar-refractivity contribution in [3.63, 3.8) is 0 Å². The molecule has 3 rings (SSSR count). The summed E-state index contributed by atoms with van der Waals surface area (Å²) in [6.45, 7) is 12.6. The van der Waals surface area contributed by atoms with Crippen LogP contribution in [-0.2, 0) is 11.2 Å². The number of H-pyrrole nitrogens is 1. The molecule has 0 unspecified atom stereocenters. The van der Waals surface area contributed by atoms with Gasteiger partial charge in [0, 0.05) is 35.7 Å². The molecule has 1 aliphatic heterocycles. The molecule has 1 aromatic heterocycles. The molecule has 6 heteroatoms. The van der Waals surface area contributed by atoms with Crippen LogP contribution in [0.25, 0.3) is 10.9 Å². The van der Waals surface area contributed by atoms with Gasteiger partial charge in [0.25, 0.3) is 0 Å². The van der Waals surface area contributed by atoms with Crippen molar-refractivity contribution in [3.05, 3.63) is 34.7 Å². The van der Waals surface area contributed by atoms with Gasteiger partial charge in [-0.25, -0.2) is 0 Å². The molecule has 1 aliphatic rings. The molecule has 0 atom stereocenters. The highest BCUT2D eigenvalue weighted by Crippen LogP contribution is 2.37. The third-order valence-corrected chi connectivity index (χ3v) is 6.18. The second-order valence-corrected chi connectivity index (χ2v) is 8.84. The van der Waals surface area contributed by atoms with E-state index in [1.165, 1.54) is 16.5 Å². The summed E-state index contributed by atoms with van der Waals surface area (Å²) in [5.74, 6) is 0. The predicted octanol–water partition coefficient (Wildman–Crippen LogP) is 4.94. The second-order valence-electron chi connectivity index (χ2n) is 8.84. The minimum atomic E-state index is 0.0741. The van der Waals surface area contributed by atoms with Gasteiger partial charge in [0.05, 0.1) is 23.3 Å². The lowest BCUT2D eigenvalue weighted by Gasteiger charge is -2.31. The summed E-state index contributed by atoms with van der Waals surface area (Å²) in [7, 11) is 2.09. The number of aromatic nitrogens is 1. The molecule has 0 spiro atoms. The maximum atomic E-state index is 11.9. The van der Waals surface area contributed by atoms with Gasteiger partial charge in [-0.3, -0.25) is 10.2 Å². The monoisotopic (exact) mass is 409 g/mol. The Hall–Kier alpha value is -2.76. The van der Waals surface area contributed by atoms with Crippen LogP contribution in [0.5, 0.6) is 0 Å². The van der Waals surface area contributed by atoms with E-state index in [1.54, 1.807) is 4.90 Å². The molecule has 0 saturated carbocycles. The van der Waals surface area contributed by atoms with E-state index >= 15 is 0 Å². The fourth-order valence-electron chi connectivity index (χ4n) is 3.91. The molecular formula is C24H35N5O. The maximum absolute atomic E-state index is 11.9. The number of aryl methyl sites for hydroxylation is 1. The molecule has 30 heavy (non-hydrogen) atoms. The SMILES string of the molecule is C/C1=C(/C)N/N=C/c2[nH]c3cc(N(C=O)C(C)C)c(N(C)C(C)C)cc3c2CCC1. The maximum Gasteiger partial charge on any atom is 0.214 e. The van der Waals surface area contributed by atoms with Gasteiger partial charge < -0.3 is 14.8 Å². The molecule has 6 nitrogen and oxygen atoms in total. The number of hydrogen-bond acceptors (Lipinski definition) is 4. The molecule has 0 aliphatic carbocycles. The van der Waals surface area contributed by atoms with Crippen LogP contribution in [0.1, 0.15) is 65.6 Å². The topological polar surface area (TPSA) is 63.7 Å². The van der Waals surface area contributed by atoms with Gasteiger partial charge in [-0.2, -0.15) is 5.10 Å². The highest BCUT2D eigenvalue weighted by molar-refractivity contribution is 6.00. The first-order chi connectivity index (χ1) is 14.2. The first kappa shape index (κ1) is 21.9. The minimum Gasteiger partial charge on any atom is -0.370 e. The molecule has 1 aromatic carbocycles. The van der Waals surface area contributed by atoms with E-state index in [4.69, 9.17) is 0 Å². The summed E-state index contributed by atoms with van der Waals surface area (Å²) in [6.07, 6.45) is 5.92. The Morgan fingerprint density at radius 1 is 1.07 bits per heavy atom. The number of fused-ring (bicyclic) bond motifs is 3. The highest BCUT2D eigenvalue weighted by atomic mass is 16.1. The van der Waals surface area contributed by atoms with Crippen molar-refractivity contribution in [1.29, 1.82) is 0 Å². The van der Waals surface area contributed by atoms with Gasteiger partial charge in [0.1, 0.15) is 0 Å². The summed E-state index contributed by atoms with van der Waals surface area (Å²) in [6, 6.07) is 4.74. The standard InChI is InChI=1S/C24H35N5O/c1-15(2)28(7)23-11-20-19-10-8-9-17(5)18(6)27-25-13-22(19)26-21(20)12-24(23)29(14-30)16(3)4/h11-16,26-27H,8-10H2,1-7H3/b18-17+,25-13+. The van der Waals surface area contributed by atoms with E-state index in [0.717, 1.165) is 54.0 Å². The number of nitrogens with one attached hydrogen (secondary N) is 2. The van der Waals surface area contributed by atoms with Crippen molar-refractivity contribution >= 4 is 34.9 Å². The van der Waals surface area contributed by atoms with Crippen LogP contribution in [0.2, 0.25) is 0 Å². The number of rotatable bonds is 5. The zero-order valence-electron chi connectivity index (χ0n) is 19.3. The van der Waals surface area contributed by atoms with Crippen molar-refractivity contribution in [1.82, 2.24) is 10.4 Å². The summed E-state index contributed by atoms with van der Waals surface area (Å²) < 4.78 is 0. The fourth-order valence-corrected chi connectivity index (χ4v) is 3.91. The van der Waals surface area contributed by atoms with Crippen LogP contribution in [0, 0.1) is 0 Å². The van der Waals surface area contributed by atoms with Gasteiger partial charge in [0.15, 0.2) is 0 Å². The zero-order valence-corrected chi connectivity index (χ0v) is 19.3. The molecule has 2 aromatic rings. The Labute approximate surface area is 180 Å². The Kier molecular flexibility index (Phi) is 6.54. The van der Waals surface area contributed by atoms with Gasteiger partial charge in [-0.05, 0) is 78.5 Å². The molecule has 2 N–H and O–H groups in total. The average molecular weight is 410 g/mol. The minimum absolute atomic E-state index is 0.0741. The molecule has 0 bridgehead atoms. The van der Waals surface area contributed by atoms with Gasteiger partial charge >= 0.3 is 0 Å². The first-order valence-corrected chi connectivity index (χ1v) is 10.8. The molecule has 0 fully saturated rings. The Morgan fingerprint density at radius 2 is 1.80 bits per heavy atom. The normalized spacial score (nSPS) is 18.3. The van der Waals surface area contributed by atoms with Crippen molar-refractivity contribution in [2.75, 3.05) is 16.8 Å². The Morgan fingerprint density at radius 3 is 2.43 bits per heavy atom. The number of anilines is 2. The highest BCUT2D eigenvalue weighted by Gasteiger charge is 2.21. The number of hydrogen-bond donors (Lipinski definition) is 2. The van der Waals surface area contributed by atoms with E-state index in [1.807, 2.05) is 20.1 Å². The van der Waals surface area contributed by atoms with Crippen LogP contribution in [0.3, 0.4) is 0 Å². The van der Waals surface area contributed by atoms with E-state index < -0.39 is 0 Å². The number of aromatic amines is 1. The number of allylic oxidation sites excluding steroid dienone is 2. The summed E-state index contributed by atoms with van der Waals surface area (Å²) in [5.41, 5.74) is 11.0. The van der Waals surface area contributed by atoms with Crippen LogP contribution in [0.15, 0.2) is 28.5 Å². The van der Waals surface area contributed by atoms with Crippen LogP contribution < -0.4 is 15.2 Å². The van der Waals surface area contributed by atoms with Crippen molar-refractivity contribution < 1.29 is 4.79 Å². The van der Waals surface area contributed by atoms with Crippen LogP contribution in [0.4, 0.5) is 11.4 Å². The van der Waals surface area contributed by atoms with E-state index in [0.29, 0.717) is 6.04 Å². The zero-order chi connectivity index (χ0) is 22.0. The lowest BCUT2D eigenvalue weighted by Crippen LogP contribution is -2.33.